The Labute approximate surface area is 219 Å². The monoisotopic (exact) mass is 522 g/mol. The fourth-order valence-corrected chi connectivity index (χ4v) is 5.35. The molecule has 3 aromatic rings. The predicted molar refractivity (Wildman–Crippen MR) is 139 cm³/mol. The molecular weight excluding hydrogens is 491 g/mol. The lowest BCUT2D eigenvalue weighted by Gasteiger charge is -2.38. The van der Waals surface area contributed by atoms with E-state index in [0.717, 1.165) is 16.2 Å². The van der Waals surface area contributed by atoms with Crippen molar-refractivity contribution in [1.29, 1.82) is 0 Å². The number of rotatable bonds is 7. The second-order valence-corrected chi connectivity index (χ2v) is 10.2. The molecule has 2 aliphatic heterocycles. The Hall–Kier alpha value is -3.95. The summed E-state index contributed by atoms with van der Waals surface area (Å²) in [4.78, 5) is 44.4. The molecule has 2 aromatic carbocycles. The summed E-state index contributed by atoms with van der Waals surface area (Å²) in [5.74, 6) is -3.89. The first kappa shape index (κ1) is 25.7. The summed E-state index contributed by atoms with van der Waals surface area (Å²) in [7, 11) is 0. The minimum Gasteiger partial charge on any atom is -0.481 e. The highest BCUT2D eigenvalue weighted by Crippen LogP contribution is 2.35. The maximum Gasteiger partial charge on any atom is 0.322 e. The Bertz CT molecular complexity index is 1370. The van der Waals surface area contributed by atoms with Gasteiger partial charge in [-0.25, -0.2) is 9.18 Å². The van der Waals surface area contributed by atoms with E-state index in [1.165, 1.54) is 4.90 Å². The molecule has 2 fully saturated rings. The van der Waals surface area contributed by atoms with E-state index >= 15 is 4.39 Å². The summed E-state index contributed by atoms with van der Waals surface area (Å²) >= 11 is 0. The summed E-state index contributed by atoms with van der Waals surface area (Å²) < 4.78 is 21.9. The van der Waals surface area contributed by atoms with E-state index in [2.05, 4.69) is 10.3 Å². The van der Waals surface area contributed by atoms with Crippen LogP contribution in [0.5, 0.6) is 0 Å². The number of urea groups is 1. The molecule has 2 aliphatic rings. The van der Waals surface area contributed by atoms with Gasteiger partial charge in [0.25, 0.3) is 6.01 Å². The van der Waals surface area contributed by atoms with Gasteiger partial charge >= 0.3 is 12.0 Å². The standard InChI is InChI=1S/C28H31FN4O5/c1-18-5-2-3-6-21(18)30-26-31-22-8-7-20(15-23(22)38-26)16-24(34)28(29)11-4-12-33(28)27(37)32-13-9-19(10-14-32)17-25(35)36/h2-3,5-8,15,19H,4,9-14,16-17H2,1H3,(H,30,31)(H,35,36). The maximum absolute atomic E-state index is 16.1. The zero-order valence-electron chi connectivity index (χ0n) is 21.3. The molecule has 0 aliphatic carbocycles. The fourth-order valence-electron chi connectivity index (χ4n) is 5.35. The summed E-state index contributed by atoms with van der Waals surface area (Å²) in [6.45, 7) is 2.86. The minimum atomic E-state index is -2.37. The molecule has 9 nitrogen and oxygen atoms in total. The van der Waals surface area contributed by atoms with Crippen LogP contribution in [0.1, 0.15) is 43.2 Å². The Balaban J connectivity index is 1.25. The van der Waals surface area contributed by atoms with Gasteiger partial charge in [0.1, 0.15) is 5.52 Å². The van der Waals surface area contributed by atoms with E-state index in [4.69, 9.17) is 9.52 Å². The number of anilines is 2. The highest BCUT2D eigenvalue weighted by Gasteiger charge is 2.51. The van der Waals surface area contributed by atoms with E-state index in [0.29, 0.717) is 55.0 Å². The van der Waals surface area contributed by atoms with Crippen molar-refractivity contribution in [2.45, 2.75) is 51.2 Å². The number of carbonyl (C=O) groups excluding carboxylic acids is 2. The Morgan fingerprint density at radius 3 is 2.66 bits per heavy atom. The van der Waals surface area contributed by atoms with Crippen LogP contribution in [0.4, 0.5) is 20.9 Å². The Morgan fingerprint density at radius 2 is 1.92 bits per heavy atom. The number of piperidine rings is 1. The van der Waals surface area contributed by atoms with E-state index in [-0.39, 0.29) is 31.7 Å². The van der Waals surface area contributed by atoms with Crippen molar-refractivity contribution in [3.63, 3.8) is 0 Å². The van der Waals surface area contributed by atoms with Crippen molar-refractivity contribution in [3.05, 3.63) is 53.6 Å². The summed E-state index contributed by atoms with van der Waals surface area (Å²) in [6.07, 6.45) is 1.35. The van der Waals surface area contributed by atoms with Crippen LogP contribution in [0.2, 0.25) is 0 Å². The highest BCUT2D eigenvalue weighted by molar-refractivity contribution is 5.93. The molecule has 200 valence electrons. The zero-order valence-corrected chi connectivity index (χ0v) is 21.3. The third kappa shape index (κ3) is 5.20. The van der Waals surface area contributed by atoms with Crippen molar-refractivity contribution in [3.8, 4) is 0 Å². The number of oxazole rings is 1. The number of Topliss-reactive ketones (excluding diaryl/α,β-unsaturated/α-hetero) is 1. The lowest BCUT2D eigenvalue weighted by atomic mass is 9.94. The summed E-state index contributed by atoms with van der Waals surface area (Å²) in [5.41, 5.74) is 3.56. The first-order valence-electron chi connectivity index (χ1n) is 13.0. The smallest absolute Gasteiger partial charge is 0.322 e. The molecule has 0 radical (unpaired) electrons. The van der Waals surface area contributed by atoms with Crippen molar-refractivity contribution in [2.24, 2.45) is 5.92 Å². The third-order valence-electron chi connectivity index (χ3n) is 7.53. The average molecular weight is 523 g/mol. The summed E-state index contributed by atoms with van der Waals surface area (Å²) in [6, 6.07) is 12.7. The second kappa shape index (κ2) is 10.4. The number of ketones is 1. The molecule has 2 N–H and O–H groups in total. The normalized spacial score (nSPS) is 20.2. The molecule has 2 amide bonds. The van der Waals surface area contributed by atoms with E-state index < -0.39 is 23.6 Å². The molecule has 1 unspecified atom stereocenters. The highest BCUT2D eigenvalue weighted by atomic mass is 19.1. The molecular formula is C28H31FN4O5. The van der Waals surface area contributed by atoms with Crippen molar-refractivity contribution in [2.75, 3.05) is 25.0 Å². The first-order valence-corrected chi connectivity index (χ1v) is 13.0. The number of carboxylic acid groups (broad SMARTS) is 1. The number of amides is 2. The van der Waals surface area contributed by atoms with Crippen LogP contribution >= 0.6 is 0 Å². The number of hydrogen-bond acceptors (Lipinski definition) is 6. The Kier molecular flexibility index (Phi) is 7.05. The molecule has 1 aromatic heterocycles. The number of benzene rings is 2. The van der Waals surface area contributed by atoms with Crippen LogP contribution in [0, 0.1) is 12.8 Å². The number of likely N-dealkylation sites (tertiary alicyclic amines) is 2. The number of fused-ring (bicyclic) bond motifs is 1. The predicted octanol–water partition coefficient (Wildman–Crippen LogP) is 5.06. The molecule has 0 saturated carbocycles. The van der Waals surface area contributed by atoms with Crippen LogP contribution in [0.25, 0.3) is 11.1 Å². The maximum atomic E-state index is 16.1. The number of aromatic nitrogens is 1. The number of halogens is 1. The van der Waals surface area contributed by atoms with Crippen molar-refractivity contribution >= 4 is 40.6 Å². The van der Waals surface area contributed by atoms with Crippen molar-refractivity contribution < 1.29 is 28.3 Å². The van der Waals surface area contributed by atoms with Gasteiger partial charge in [-0.3, -0.25) is 14.5 Å². The quantitative estimate of drug-likeness (QED) is 0.417. The minimum absolute atomic E-state index is 0.00494. The summed E-state index contributed by atoms with van der Waals surface area (Å²) in [5, 5.41) is 12.2. The molecule has 3 heterocycles. The number of carboxylic acids is 1. The van der Waals surface area contributed by atoms with Crippen molar-refractivity contribution in [1.82, 2.24) is 14.8 Å². The van der Waals surface area contributed by atoms with Gasteiger partial charge in [0.15, 0.2) is 11.4 Å². The third-order valence-corrected chi connectivity index (χ3v) is 7.53. The SMILES string of the molecule is Cc1ccccc1Nc1nc2ccc(CC(=O)C3(F)CCCN3C(=O)N3CCC(CC(=O)O)CC3)cc2o1. The van der Waals surface area contributed by atoms with Crippen LogP contribution in [-0.2, 0) is 16.0 Å². The van der Waals surface area contributed by atoms with E-state index in [1.807, 2.05) is 31.2 Å². The van der Waals surface area contributed by atoms with Crippen LogP contribution in [-0.4, -0.2) is 63.1 Å². The lowest BCUT2D eigenvalue weighted by molar-refractivity contribution is -0.139. The molecule has 38 heavy (non-hydrogen) atoms. The molecule has 2 saturated heterocycles. The van der Waals surface area contributed by atoms with Gasteiger partial charge in [-0.05, 0) is 61.4 Å². The van der Waals surface area contributed by atoms with Gasteiger partial charge in [-0.2, -0.15) is 4.98 Å². The number of hydrogen-bond donors (Lipinski definition) is 2. The van der Waals surface area contributed by atoms with Crippen LogP contribution in [0.15, 0.2) is 46.9 Å². The van der Waals surface area contributed by atoms with Gasteiger partial charge in [0.2, 0.25) is 5.79 Å². The molecule has 10 heteroatoms. The number of nitrogens with zero attached hydrogens (tertiary/aromatic N) is 3. The molecule has 0 spiro atoms. The number of para-hydroxylation sites is 1. The number of alkyl halides is 1. The van der Waals surface area contributed by atoms with E-state index in [1.54, 1.807) is 18.2 Å². The largest absolute Gasteiger partial charge is 0.481 e. The van der Waals surface area contributed by atoms with E-state index in [9.17, 15) is 14.4 Å². The molecule has 5 rings (SSSR count). The Morgan fingerprint density at radius 1 is 1.16 bits per heavy atom. The van der Waals surface area contributed by atoms with Gasteiger partial charge in [0.05, 0.1) is 0 Å². The van der Waals surface area contributed by atoms with Gasteiger partial charge in [-0.15, -0.1) is 0 Å². The van der Waals surface area contributed by atoms with Gasteiger partial charge < -0.3 is 19.7 Å². The van der Waals surface area contributed by atoms with Gasteiger partial charge in [-0.1, -0.05) is 24.3 Å². The van der Waals surface area contributed by atoms with Gasteiger partial charge in [0, 0.05) is 44.6 Å². The first-order chi connectivity index (χ1) is 18.2. The lowest BCUT2D eigenvalue weighted by Crippen LogP contribution is -2.56. The molecule has 0 bridgehead atoms. The number of aryl methyl sites for hydroxylation is 1. The number of aliphatic carboxylic acids is 1. The average Bonchev–Trinajstić information content (AvgIpc) is 3.48. The number of nitrogens with one attached hydrogen (secondary N) is 1. The zero-order chi connectivity index (χ0) is 26.9. The topological polar surface area (TPSA) is 116 Å². The number of carbonyl (C=O) groups is 3. The van der Waals surface area contributed by atoms with Crippen LogP contribution in [0.3, 0.4) is 0 Å². The van der Waals surface area contributed by atoms with Crippen LogP contribution < -0.4 is 5.32 Å². The fraction of sp³-hybridized carbons (Fsp3) is 0.429. The molecule has 1 atom stereocenters. The second-order valence-electron chi connectivity index (χ2n) is 10.2.